The van der Waals surface area contributed by atoms with Crippen molar-refractivity contribution in [1.29, 1.82) is 5.26 Å². The van der Waals surface area contributed by atoms with Gasteiger partial charge in [0.15, 0.2) is 0 Å². The number of nitriles is 1. The van der Waals surface area contributed by atoms with E-state index in [1.807, 2.05) is 6.07 Å². The van der Waals surface area contributed by atoms with Gasteiger partial charge in [-0.2, -0.15) is 5.26 Å². The first-order valence-electron chi connectivity index (χ1n) is 11.5. The van der Waals surface area contributed by atoms with Crippen LogP contribution in [-0.2, 0) is 4.74 Å². The molecule has 2 aliphatic heterocycles. The van der Waals surface area contributed by atoms with Gasteiger partial charge < -0.3 is 24.0 Å². The molecule has 0 saturated carbocycles. The quantitative estimate of drug-likeness (QED) is 0.581. The average Bonchev–Trinajstić information content (AvgIpc) is 3.16. The first-order valence-corrected chi connectivity index (χ1v) is 11.9. The van der Waals surface area contributed by atoms with Crippen LogP contribution in [0.4, 0.5) is 11.5 Å². The number of anilines is 2. The fraction of sp³-hybridized carbons (Fsp3) is 0.583. The number of halogens is 1. The highest BCUT2D eigenvalue weighted by molar-refractivity contribution is 6.33. The topological polar surface area (TPSA) is 96.6 Å². The maximum Gasteiger partial charge on any atom is 0.232 e. The van der Waals surface area contributed by atoms with Gasteiger partial charge in [0, 0.05) is 57.1 Å². The Morgan fingerprint density at radius 2 is 1.88 bits per heavy atom. The van der Waals surface area contributed by atoms with E-state index in [9.17, 15) is 5.26 Å². The van der Waals surface area contributed by atoms with Crippen LogP contribution in [0, 0.1) is 23.2 Å². The normalized spacial score (nSPS) is 26.9. The Morgan fingerprint density at radius 1 is 1.09 bits per heavy atom. The Labute approximate surface area is 205 Å². The molecule has 0 spiro atoms. The fourth-order valence-corrected chi connectivity index (χ4v) is 5.15. The fourth-order valence-electron chi connectivity index (χ4n) is 4.92. The number of aromatic nitrogens is 3. The molecule has 0 bridgehead atoms. The highest BCUT2D eigenvalue weighted by atomic mass is 35.5. The summed E-state index contributed by atoms with van der Waals surface area (Å²) in [7, 11) is 3.31. The summed E-state index contributed by atoms with van der Waals surface area (Å²) < 4.78 is 17.1. The SMILES string of the molecule is COc1cc(N2CC[C@@H](Oc3cnc(N4C[C@H](OC)[C@@H](C)[C@@H]4CC#N)cn3)[C@H](C)C2)c(Cl)cn1. The standard InChI is InChI=1S/C24H31ClN6O3/c1-15-13-30(19-9-23(33-4)28-10-17(19)25)8-6-20(15)34-24-12-27-22(11-29-24)31-14-21(32-3)16(2)18(31)5-7-26/h9-12,15-16,18,20-21H,5-6,8,13-14H2,1-4H3/t15-,16+,18+,20-,21+/m1/s1. The van der Waals surface area contributed by atoms with E-state index < -0.39 is 0 Å². The Morgan fingerprint density at radius 3 is 2.53 bits per heavy atom. The molecule has 0 unspecified atom stereocenters. The number of hydrogen-bond donors (Lipinski definition) is 0. The van der Waals surface area contributed by atoms with Crippen molar-refractivity contribution in [1.82, 2.24) is 15.0 Å². The van der Waals surface area contributed by atoms with E-state index >= 15 is 0 Å². The van der Waals surface area contributed by atoms with Gasteiger partial charge in [-0.05, 0) is 0 Å². The van der Waals surface area contributed by atoms with Crippen molar-refractivity contribution < 1.29 is 14.2 Å². The molecule has 2 aromatic rings. The lowest BCUT2D eigenvalue weighted by molar-refractivity contribution is 0.0839. The highest BCUT2D eigenvalue weighted by Crippen LogP contribution is 2.34. The van der Waals surface area contributed by atoms with Crippen LogP contribution in [0.25, 0.3) is 0 Å². The minimum atomic E-state index is 0.0231. The average molecular weight is 487 g/mol. The van der Waals surface area contributed by atoms with E-state index in [2.05, 4.69) is 44.7 Å². The Hall–Kier alpha value is -2.83. The first kappa shape index (κ1) is 24.3. The molecule has 4 rings (SSSR count). The number of nitrogens with zero attached hydrogens (tertiary/aromatic N) is 6. The van der Waals surface area contributed by atoms with Crippen LogP contribution in [-0.4, -0.2) is 67.1 Å². The maximum atomic E-state index is 9.26. The highest BCUT2D eigenvalue weighted by Gasteiger charge is 2.40. The molecular weight excluding hydrogens is 456 g/mol. The minimum absolute atomic E-state index is 0.0231. The van der Waals surface area contributed by atoms with Crippen molar-refractivity contribution in [2.45, 2.75) is 44.9 Å². The predicted octanol–water partition coefficient (Wildman–Crippen LogP) is 3.58. The third-order valence-electron chi connectivity index (χ3n) is 6.94. The summed E-state index contributed by atoms with van der Waals surface area (Å²) in [5, 5.41) is 9.87. The van der Waals surface area contributed by atoms with Crippen molar-refractivity contribution in [3.8, 4) is 17.8 Å². The van der Waals surface area contributed by atoms with E-state index in [-0.39, 0.29) is 30.1 Å². The molecule has 2 fully saturated rings. The summed E-state index contributed by atoms with van der Waals surface area (Å²) in [6.07, 6.45) is 6.36. The van der Waals surface area contributed by atoms with Crippen LogP contribution < -0.4 is 19.3 Å². The number of pyridine rings is 1. The molecule has 4 heterocycles. The second-order valence-electron chi connectivity index (χ2n) is 8.97. The van der Waals surface area contributed by atoms with E-state index in [4.69, 9.17) is 25.8 Å². The van der Waals surface area contributed by atoms with Gasteiger partial charge in [-0.3, -0.25) is 0 Å². The van der Waals surface area contributed by atoms with E-state index in [0.717, 1.165) is 31.0 Å². The molecule has 182 valence electrons. The summed E-state index contributed by atoms with van der Waals surface area (Å²) in [5.41, 5.74) is 0.920. The van der Waals surface area contributed by atoms with E-state index in [1.165, 1.54) is 0 Å². The molecule has 5 atom stereocenters. The zero-order chi connectivity index (χ0) is 24.2. The van der Waals surface area contributed by atoms with Crippen LogP contribution in [0.5, 0.6) is 11.8 Å². The van der Waals surface area contributed by atoms with E-state index in [1.54, 1.807) is 32.8 Å². The van der Waals surface area contributed by atoms with Gasteiger partial charge in [-0.1, -0.05) is 25.4 Å². The van der Waals surface area contributed by atoms with Gasteiger partial charge in [0.05, 0.1) is 55.0 Å². The van der Waals surface area contributed by atoms with Crippen LogP contribution in [0.1, 0.15) is 26.7 Å². The second-order valence-corrected chi connectivity index (χ2v) is 9.38. The lowest BCUT2D eigenvalue weighted by Gasteiger charge is -2.38. The van der Waals surface area contributed by atoms with Gasteiger partial charge in [0.25, 0.3) is 0 Å². The number of ether oxygens (including phenoxy) is 3. The molecule has 0 aromatic carbocycles. The number of hydrogen-bond acceptors (Lipinski definition) is 9. The van der Waals surface area contributed by atoms with Gasteiger partial charge in [-0.15, -0.1) is 0 Å². The van der Waals surface area contributed by atoms with Crippen LogP contribution in [0.15, 0.2) is 24.7 Å². The Bertz CT molecular complexity index is 1020. The van der Waals surface area contributed by atoms with Gasteiger partial charge in [0.2, 0.25) is 11.8 Å². The molecule has 9 nitrogen and oxygen atoms in total. The van der Waals surface area contributed by atoms with Crippen LogP contribution in [0.3, 0.4) is 0 Å². The lowest BCUT2D eigenvalue weighted by atomic mass is 9.96. The number of methoxy groups -OCH3 is 2. The Kier molecular flexibility index (Phi) is 7.59. The summed E-state index contributed by atoms with van der Waals surface area (Å²) in [6.45, 7) is 6.56. The zero-order valence-corrected chi connectivity index (χ0v) is 20.8. The van der Waals surface area contributed by atoms with E-state index in [0.29, 0.717) is 29.7 Å². The summed E-state index contributed by atoms with van der Waals surface area (Å²) in [4.78, 5) is 17.6. The predicted molar refractivity (Wildman–Crippen MR) is 130 cm³/mol. The third-order valence-corrected chi connectivity index (χ3v) is 7.23. The minimum Gasteiger partial charge on any atom is -0.481 e. The summed E-state index contributed by atoms with van der Waals surface area (Å²) in [6, 6.07) is 4.21. The van der Waals surface area contributed by atoms with Crippen LogP contribution in [0.2, 0.25) is 5.02 Å². The molecule has 2 aliphatic rings. The van der Waals surface area contributed by atoms with Crippen LogP contribution >= 0.6 is 11.6 Å². The van der Waals surface area contributed by atoms with Crippen molar-refractivity contribution in [3.63, 3.8) is 0 Å². The monoisotopic (exact) mass is 486 g/mol. The first-order chi connectivity index (χ1) is 16.4. The molecule has 0 amide bonds. The number of rotatable bonds is 7. The summed E-state index contributed by atoms with van der Waals surface area (Å²) >= 11 is 6.39. The molecular formula is C24H31ClN6O3. The smallest absolute Gasteiger partial charge is 0.232 e. The van der Waals surface area contributed by atoms with Crippen molar-refractivity contribution >= 4 is 23.1 Å². The molecule has 0 aliphatic carbocycles. The molecule has 2 saturated heterocycles. The van der Waals surface area contributed by atoms with Crippen molar-refractivity contribution in [2.24, 2.45) is 11.8 Å². The molecule has 0 radical (unpaired) electrons. The molecule has 0 N–H and O–H groups in total. The summed E-state index contributed by atoms with van der Waals surface area (Å²) in [5.74, 6) is 2.28. The Balaban J connectivity index is 1.39. The van der Waals surface area contributed by atoms with Crippen molar-refractivity contribution in [3.05, 3.63) is 29.7 Å². The largest absolute Gasteiger partial charge is 0.481 e. The zero-order valence-electron chi connectivity index (χ0n) is 20.0. The lowest BCUT2D eigenvalue weighted by Crippen LogP contribution is -2.44. The third kappa shape index (κ3) is 4.98. The molecule has 10 heteroatoms. The number of piperidine rings is 1. The maximum absolute atomic E-state index is 9.26. The van der Waals surface area contributed by atoms with Gasteiger partial charge in [0.1, 0.15) is 11.9 Å². The van der Waals surface area contributed by atoms with Gasteiger partial charge in [-0.25, -0.2) is 15.0 Å². The molecule has 34 heavy (non-hydrogen) atoms. The molecule has 2 aromatic heterocycles. The second kappa shape index (κ2) is 10.6. The van der Waals surface area contributed by atoms with Crippen molar-refractivity contribution in [2.75, 3.05) is 43.7 Å². The van der Waals surface area contributed by atoms with Gasteiger partial charge >= 0.3 is 0 Å².